The third kappa shape index (κ3) is 1.67. The van der Waals surface area contributed by atoms with Crippen LogP contribution >= 0.6 is 15.9 Å². The van der Waals surface area contributed by atoms with Gasteiger partial charge in [0.1, 0.15) is 0 Å². The van der Waals surface area contributed by atoms with Crippen molar-refractivity contribution in [2.45, 2.75) is 19.4 Å². The van der Waals surface area contributed by atoms with E-state index in [0.29, 0.717) is 6.04 Å². The van der Waals surface area contributed by atoms with Crippen LogP contribution in [0.15, 0.2) is 15.0 Å². The maximum absolute atomic E-state index is 8.83. The van der Waals surface area contributed by atoms with Crippen LogP contribution in [0, 0.1) is 0 Å². The molecule has 3 heteroatoms. The molecule has 0 radical (unpaired) electrons. The van der Waals surface area contributed by atoms with Crippen molar-refractivity contribution < 1.29 is 5.11 Å². The molecule has 1 aliphatic heterocycles. The van der Waals surface area contributed by atoms with Crippen LogP contribution in [0.25, 0.3) is 0 Å². The van der Waals surface area contributed by atoms with Gasteiger partial charge in [-0.1, -0.05) is 0 Å². The van der Waals surface area contributed by atoms with Gasteiger partial charge in [0.25, 0.3) is 0 Å². The van der Waals surface area contributed by atoms with E-state index >= 15 is 0 Å². The van der Waals surface area contributed by atoms with E-state index in [-0.39, 0.29) is 6.61 Å². The first-order chi connectivity index (χ1) is 4.74. The highest BCUT2D eigenvalue weighted by Gasteiger charge is 2.10. The minimum atomic E-state index is 0.136. The van der Waals surface area contributed by atoms with Crippen LogP contribution in [0.3, 0.4) is 0 Å². The second kappa shape index (κ2) is 3.30. The van der Waals surface area contributed by atoms with E-state index in [1.54, 1.807) is 6.21 Å². The zero-order valence-electron chi connectivity index (χ0n) is 5.84. The zero-order chi connectivity index (χ0) is 7.56. The summed E-state index contributed by atoms with van der Waals surface area (Å²) in [6.07, 6.45) is 2.63. The predicted octanol–water partition coefficient (Wildman–Crippen LogP) is 1.49. The molecule has 1 rings (SSSR count). The van der Waals surface area contributed by atoms with Crippen LogP contribution in [0.5, 0.6) is 0 Å². The van der Waals surface area contributed by atoms with Crippen molar-refractivity contribution in [2.24, 2.45) is 4.99 Å². The van der Waals surface area contributed by atoms with Crippen molar-refractivity contribution >= 4 is 22.1 Å². The standard InChI is InChI=1S/C7H10BrNO/c1-5-2-6(4-10)7(8)3-9-5/h3,5,10H,2,4H2,1H3. The van der Waals surface area contributed by atoms with E-state index in [0.717, 1.165) is 16.5 Å². The van der Waals surface area contributed by atoms with Crippen molar-refractivity contribution in [3.05, 3.63) is 10.1 Å². The van der Waals surface area contributed by atoms with Gasteiger partial charge in [0.2, 0.25) is 0 Å². The maximum Gasteiger partial charge on any atom is 0.0656 e. The van der Waals surface area contributed by atoms with Crippen molar-refractivity contribution in [3.63, 3.8) is 0 Å². The van der Waals surface area contributed by atoms with E-state index < -0.39 is 0 Å². The first-order valence-electron chi connectivity index (χ1n) is 3.25. The topological polar surface area (TPSA) is 32.6 Å². The summed E-state index contributed by atoms with van der Waals surface area (Å²) in [6, 6.07) is 0.323. The van der Waals surface area contributed by atoms with E-state index in [1.807, 2.05) is 6.92 Å². The minimum Gasteiger partial charge on any atom is -0.392 e. The normalized spacial score (nSPS) is 25.7. The van der Waals surface area contributed by atoms with Gasteiger partial charge >= 0.3 is 0 Å². The monoisotopic (exact) mass is 203 g/mol. The number of halogens is 1. The molecule has 0 spiro atoms. The van der Waals surface area contributed by atoms with Gasteiger partial charge in [-0.15, -0.1) is 0 Å². The lowest BCUT2D eigenvalue weighted by molar-refractivity contribution is 0.324. The van der Waals surface area contributed by atoms with E-state index in [2.05, 4.69) is 20.9 Å². The lowest BCUT2D eigenvalue weighted by atomic mass is 10.1. The average Bonchev–Trinajstić information content (AvgIpc) is 1.94. The van der Waals surface area contributed by atoms with Crippen LogP contribution < -0.4 is 0 Å². The molecule has 0 amide bonds. The molecule has 0 saturated heterocycles. The van der Waals surface area contributed by atoms with Gasteiger partial charge in [-0.05, 0) is 34.8 Å². The molecule has 2 nitrogen and oxygen atoms in total. The number of hydrogen-bond acceptors (Lipinski definition) is 2. The highest BCUT2D eigenvalue weighted by Crippen LogP contribution is 2.20. The first kappa shape index (κ1) is 7.95. The molecule has 1 atom stereocenters. The van der Waals surface area contributed by atoms with Crippen LogP contribution in [0.2, 0.25) is 0 Å². The Bertz CT molecular complexity index is 186. The second-order valence-electron chi connectivity index (χ2n) is 2.44. The summed E-state index contributed by atoms with van der Waals surface area (Å²) < 4.78 is 0.938. The minimum absolute atomic E-state index is 0.136. The number of rotatable bonds is 1. The van der Waals surface area contributed by atoms with Gasteiger partial charge < -0.3 is 5.11 Å². The quantitative estimate of drug-likeness (QED) is 0.689. The molecule has 56 valence electrons. The van der Waals surface area contributed by atoms with Crippen molar-refractivity contribution in [1.82, 2.24) is 0 Å². The first-order valence-corrected chi connectivity index (χ1v) is 4.05. The Morgan fingerprint density at radius 1 is 1.90 bits per heavy atom. The number of allylic oxidation sites excluding steroid dienone is 1. The molecule has 1 aliphatic rings. The fourth-order valence-electron chi connectivity index (χ4n) is 0.931. The summed E-state index contributed by atoms with van der Waals surface area (Å²) in [6.45, 7) is 2.17. The number of hydrogen-bond donors (Lipinski definition) is 1. The number of aliphatic imine (C=N–C) groups is 1. The van der Waals surface area contributed by atoms with Crippen molar-refractivity contribution in [3.8, 4) is 0 Å². The molecule has 0 aromatic rings. The smallest absolute Gasteiger partial charge is 0.0656 e. The molecule has 10 heavy (non-hydrogen) atoms. The molecule has 1 heterocycles. The van der Waals surface area contributed by atoms with E-state index in [9.17, 15) is 0 Å². The molecule has 1 unspecified atom stereocenters. The summed E-state index contributed by atoms with van der Waals surface area (Å²) in [5.74, 6) is 0. The van der Waals surface area contributed by atoms with Gasteiger partial charge in [-0.25, -0.2) is 0 Å². The van der Waals surface area contributed by atoms with E-state index in [1.165, 1.54) is 0 Å². The maximum atomic E-state index is 8.83. The summed E-state index contributed by atoms with van der Waals surface area (Å²) in [5, 5.41) is 8.83. The number of aliphatic hydroxyl groups is 1. The number of aliphatic hydroxyl groups excluding tert-OH is 1. The summed E-state index contributed by atoms with van der Waals surface area (Å²) >= 11 is 3.31. The number of nitrogens with zero attached hydrogens (tertiary/aromatic N) is 1. The largest absolute Gasteiger partial charge is 0.392 e. The average molecular weight is 204 g/mol. The third-order valence-electron chi connectivity index (χ3n) is 1.51. The van der Waals surface area contributed by atoms with Crippen LogP contribution in [-0.2, 0) is 0 Å². The zero-order valence-corrected chi connectivity index (χ0v) is 7.43. The molecule has 1 N–H and O–H groups in total. The van der Waals surface area contributed by atoms with Crippen LogP contribution in [0.4, 0.5) is 0 Å². The fraction of sp³-hybridized carbons (Fsp3) is 0.571. The lowest BCUT2D eigenvalue weighted by Crippen LogP contribution is -2.09. The third-order valence-corrected chi connectivity index (χ3v) is 2.28. The van der Waals surface area contributed by atoms with Gasteiger partial charge in [-0.3, -0.25) is 4.99 Å². The van der Waals surface area contributed by atoms with Gasteiger partial charge in [0.05, 0.1) is 12.6 Å². The summed E-state index contributed by atoms with van der Waals surface area (Å²) in [7, 11) is 0. The molecule has 0 aliphatic carbocycles. The Labute approximate surface area is 68.8 Å². The SMILES string of the molecule is CC1CC(CO)=C(Br)C=N1. The van der Waals surface area contributed by atoms with Gasteiger partial charge in [-0.2, -0.15) is 0 Å². The fourth-order valence-corrected chi connectivity index (χ4v) is 1.34. The highest BCUT2D eigenvalue weighted by molar-refractivity contribution is 9.12. The molecule has 0 aromatic carbocycles. The molecule has 0 aromatic heterocycles. The van der Waals surface area contributed by atoms with E-state index in [4.69, 9.17) is 5.11 Å². The Morgan fingerprint density at radius 2 is 2.60 bits per heavy atom. The Morgan fingerprint density at radius 3 is 3.10 bits per heavy atom. The van der Waals surface area contributed by atoms with Crippen molar-refractivity contribution in [1.29, 1.82) is 0 Å². The summed E-state index contributed by atoms with van der Waals surface area (Å²) in [4.78, 5) is 4.17. The highest BCUT2D eigenvalue weighted by atomic mass is 79.9. The Balaban J connectivity index is 2.74. The van der Waals surface area contributed by atoms with Crippen molar-refractivity contribution in [2.75, 3.05) is 6.61 Å². The number of dihydropyridines is 1. The van der Waals surface area contributed by atoms with Gasteiger partial charge in [0.15, 0.2) is 0 Å². The lowest BCUT2D eigenvalue weighted by Gasteiger charge is -2.13. The Hall–Kier alpha value is -0.150. The molecular formula is C7H10BrNO. The predicted molar refractivity (Wildman–Crippen MR) is 45.6 cm³/mol. The molecule has 0 fully saturated rings. The molecule has 0 saturated carbocycles. The molecule has 0 bridgehead atoms. The summed E-state index contributed by atoms with van der Waals surface area (Å²) in [5.41, 5.74) is 1.04. The van der Waals surface area contributed by atoms with Gasteiger partial charge in [0, 0.05) is 10.7 Å². The second-order valence-corrected chi connectivity index (χ2v) is 3.30. The molecular weight excluding hydrogens is 194 g/mol. The van der Waals surface area contributed by atoms with Crippen LogP contribution in [0.1, 0.15) is 13.3 Å². The Kier molecular flexibility index (Phi) is 2.63. The van der Waals surface area contributed by atoms with Crippen LogP contribution in [-0.4, -0.2) is 24.0 Å².